The van der Waals surface area contributed by atoms with Crippen LogP contribution in [0.15, 0.2) is 42.5 Å². The van der Waals surface area contributed by atoms with E-state index in [1.807, 2.05) is 0 Å². The van der Waals surface area contributed by atoms with Gasteiger partial charge in [-0.15, -0.1) is 13.2 Å². The Labute approximate surface area is 184 Å². The Bertz CT molecular complexity index is 924. The number of carbonyl (C=O) groups excluding carboxylic acids is 2. The van der Waals surface area contributed by atoms with Crippen LogP contribution in [-0.2, 0) is 4.79 Å². The zero-order valence-electron chi connectivity index (χ0n) is 17.9. The van der Waals surface area contributed by atoms with Crippen molar-refractivity contribution >= 4 is 11.8 Å². The van der Waals surface area contributed by atoms with E-state index in [9.17, 15) is 27.2 Å². The Morgan fingerprint density at radius 2 is 1.59 bits per heavy atom. The number of hydrogen-bond donors (Lipinski definition) is 1. The molecule has 0 heterocycles. The SMILES string of the molecule is CCC(N)=O.CN(C(=O)c1ccc(-c2ccc(OC(F)(F)F)c(F)c2)cc1)C1CCCC1. The summed E-state index contributed by atoms with van der Waals surface area (Å²) in [5.74, 6) is -2.30. The normalized spacial score (nSPS) is 13.8. The highest BCUT2D eigenvalue weighted by Crippen LogP contribution is 2.30. The molecule has 32 heavy (non-hydrogen) atoms. The Morgan fingerprint density at radius 3 is 2.06 bits per heavy atom. The van der Waals surface area contributed by atoms with E-state index in [0.717, 1.165) is 37.8 Å². The minimum Gasteiger partial charge on any atom is -0.403 e. The van der Waals surface area contributed by atoms with Gasteiger partial charge in [-0.25, -0.2) is 4.39 Å². The average Bonchev–Trinajstić information content (AvgIpc) is 3.28. The van der Waals surface area contributed by atoms with Crippen molar-refractivity contribution in [2.45, 2.75) is 51.4 Å². The molecule has 2 aromatic rings. The second-order valence-corrected chi connectivity index (χ2v) is 7.44. The van der Waals surface area contributed by atoms with E-state index in [1.54, 1.807) is 43.1 Å². The van der Waals surface area contributed by atoms with Gasteiger partial charge in [0.05, 0.1) is 0 Å². The van der Waals surface area contributed by atoms with Gasteiger partial charge in [-0.1, -0.05) is 38.0 Å². The Morgan fingerprint density at radius 1 is 1.06 bits per heavy atom. The maximum atomic E-state index is 13.9. The number of ether oxygens (including phenoxy) is 1. The van der Waals surface area contributed by atoms with Crippen LogP contribution in [0.4, 0.5) is 17.6 Å². The van der Waals surface area contributed by atoms with Crippen LogP contribution < -0.4 is 10.5 Å². The number of amides is 2. The third-order valence-corrected chi connectivity index (χ3v) is 5.16. The Balaban J connectivity index is 0.000000654. The third-order valence-electron chi connectivity index (χ3n) is 5.16. The molecule has 0 saturated heterocycles. The standard InChI is InChI=1S/C20H19F4NO2.C3H7NO/c1-25(16-4-2-3-5-16)19(26)14-8-6-13(7-9-14)15-10-11-18(17(21)12-15)27-20(22,23)24;1-2-3(4)5/h6-12,16H,2-5H2,1H3;2H2,1H3,(H2,4,5). The van der Waals surface area contributed by atoms with Gasteiger partial charge in [0.2, 0.25) is 5.91 Å². The molecule has 0 bridgehead atoms. The minimum atomic E-state index is -4.95. The number of benzene rings is 2. The first-order valence-corrected chi connectivity index (χ1v) is 10.2. The molecule has 0 atom stereocenters. The number of halogens is 4. The predicted molar refractivity (Wildman–Crippen MR) is 112 cm³/mol. The predicted octanol–water partition coefficient (Wildman–Crippen LogP) is 5.29. The lowest BCUT2D eigenvalue weighted by Crippen LogP contribution is -2.35. The zero-order chi connectivity index (χ0) is 23.9. The number of primary amides is 1. The van der Waals surface area contributed by atoms with Gasteiger partial charge in [-0.05, 0) is 48.2 Å². The molecule has 1 fully saturated rings. The molecule has 2 amide bonds. The number of alkyl halides is 3. The molecule has 0 aliphatic heterocycles. The van der Waals surface area contributed by atoms with E-state index in [1.165, 1.54) is 6.07 Å². The van der Waals surface area contributed by atoms with Crippen molar-refractivity contribution in [3.05, 3.63) is 53.8 Å². The van der Waals surface area contributed by atoms with Crippen LogP contribution in [-0.4, -0.2) is 36.2 Å². The third kappa shape index (κ3) is 7.25. The molecule has 0 radical (unpaired) electrons. The quantitative estimate of drug-likeness (QED) is 0.624. The van der Waals surface area contributed by atoms with E-state index >= 15 is 0 Å². The van der Waals surface area contributed by atoms with Gasteiger partial charge in [-0.2, -0.15) is 0 Å². The largest absolute Gasteiger partial charge is 0.573 e. The molecule has 0 unspecified atom stereocenters. The van der Waals surface area contributed by atoms with Gasteiger partial charge < -0.3 is 15.4 Å². The minimum absolute atomic E-state index is 0.0754. The zero-order valence-corrected chi connectivity index (χ0v) is 17.9. The molecular weight excluding hydrogens is 428 g/mol. The average molecular weight is 454 g/mol. The van der Waals surface area contributed by atoms with Crippen molar-refractivity contribution in [2.24, 2.45) is 5.73 Å². The first-order valence-electron chi connectivity index (χ1n) is 10.2. The van der Waals surface area contributed by atoms with Crippen LogP contribution in [0, 0.1) is 5.82 Å². The molecule has 1 saturated carbocycles. The maximum Gasteiger partial charge on any atom is 0.573 e. The number of hydrogen-bond acceptors (Lipinski definition) is 3. The molecule has 1 aliphatic carbocycles. The smallest absolute Gasteiger partial charge is 0.403 e. The summed E-state index contributed by atoms with van der Waals surface area (Å²) in [5, 5.41) is 0. The van der Waals surface area contributed by atoms with E-state index in [0.29, 0.717) is 23.1 Å². The topological polar surface area (TPSA) is 72.6 Å². The number of carbonyl (C=O) groups is 2. The Kier molecular flexibility index (Phi) is 8.63. The van der Waals surface area contributed by atoms with Gasteiger partial charge in [0.25, 0.3) is 5.91 Å². The lowest BCUT2D eigenvalue weighted by atomic mass is 10.0. The molecule has 2 aromatic carbocycles. The highest BCUT2D eigenvalue weighted by Gasteiger charge is 2.32. The fourth-order valence-corrected chi connectivity index (χ4v) is 3.35. The summed E-state index contributed by atoms with van der Waals surface area (Å²) in [7, 11) is 1.79. The summed E-state index contributed by atoms with van der Waals surface area (Å²) >= 11 is 0. The summed E-state index contributed by atoms with van der Waals surface area (Å²) in [6.45, 7) is 1.72. The van der Waals surface area contributed by atoms with Crippen molar-refractivity contribution in [1.82, 2.24) is 4.90 Å². The molecule has 5 nitrogen and oxygen atoms in total. The summed E-state index contributed by atoms with van der Waals surface area (Å²) in [4.78, 5) is 23.9. The summed E-state index contributed by atoms with van der Waals surface area (Å²) in [6.07, 6.45) is -0.241. The fraction of sp³-hybridized carbons (Fsp3) is 0.391. The lowest BCUT2D eigenvalue weighted by Gasteiger charge is -2.24. The van der Waals surface area contributed by atoms with Gasteiger partial charge in [-0.3, -0.25) is 9.59 Å². The summed E-state index contributed by atoms with van der Waals surface area (Å²) in [6, 6.07) is 10.1. The van der Waals surface area contributed by atoms with Crippen molar-refractivity contribution in [2.75, 3.05) is 7.05 Å². The molecule has 3 rings (SSSR count). The highest BCUT2D eigenvalue weighted by molar-refractivity contribution is 5.94. The summed E-state index contributed by atoms with van der Waals surface area (Å²) < 4.78 is 54.1. The molecule has 0 aromatic heterocycles. The van der Waals surface area contributed by atoms with Crippen molar-refractivity contribution < 1.29 is 31.9 Å². The maximum absolute atomic E-state index is 13.9. The first-order chi connectivity index (χ1) is 15.0. The number of nitrogens with zero attached hydrogens (tertiary/aromatic N) is 1. The molecule has 1 aliphatic rings. The molecular formula is C23H26F4N2O3. The fourth-order valence-electron chi connectivity index (χ4n) is 3.35. The van der Waals surface area contributed by atoms with Gasteiger partial charge in [0, 0.05) is 25.1 Å². The van der Waals surface area contributed by atoms with Gasteiger partial charge >= 0.3 is 6.36 Å². The van der Waals surface area contributed by atoms with E-state index < -0.39 is 17.9 Å². The summed E-state index contributed by atoms with van der Waals surface area (Å²) in [5.41, 5.74) is 6.16. The molecule has 2 N–H and O–H groups in total. The van der Waals surface area contributed by atoms with E-state index in [4.69, 9.17) is 0 Å². The molecule has 9 heteroatoms. The van der Waals surface area contributed by atoms with Gasteiger partial charge in [0.15, 0.2) is 11.6 Å². The second-order valence-electron chi connectivity index (χ2n) is 7.44. The van der Waals surface area contributed by atoms with Gasteiger partial charge in [0.1, 0.15) is 0 Å². The number of nitrogens with two attached hydrogens (primary N) is 1. The molecule has 174 valence electrons. The highest BCUT2D eigenvalue weighted by atomic mass is 19.4. The van der Waals surface area contributed by atoms with Crippen LogP contribution in [0.2, 0.25) is 0 Å². The Hall–Kier alpha value is -3.10. The van der Waals surface area contributed by atoms with Crippen molar-refractivity contribution in [3.8, 4) is 16.9 Å². The van der Waals surface area contributed by atoms with Crippen LogP contribution in [0.5, 0.6) is 5.75 Å². The van der Waals surface area contributed by atoms with Crippen molar-refractivity contribution in [3.63, 3.8) is 0 Å². The van der Waals surface area contributed by atoms with E-state index in [2.05, 4.69) is 10.5 Å². The van der Waals surface area contributed by atoms with Crippen LogP contribution in [0.1, 0.15) is 49.4 Å². The second kappa shape index (κ2) is 11.0. The first kappa shape index (κ1) is 25.2. The molecule has 0 spiro atoms. The van der Waals surface area contributed by atoms with Crippen LogP contribution in [0.3, 0.4) is 0 Å². The monoisotopic (exact) mass is 454 g/mol. The van der Waals surface area contributed by atoms with Crippen LogP contribution in [0.25, 0.3) is 11.1 Å². The lowest BCUT2D eigenvalue weighted by molar-refractivity contribution is -0.275. The number of rotatable bonds is 5. The van der Waals surface area contributed by atoms with E-state index in [-0.39, 0.29) is 17.9 Å². The van der Waals surface area contributed by atoms with Crippen LogP contribution >= 0.6 is 0 Å². The van der Waals surface area contributed by atoms with Crippen molar-refractivity contribution in [1.29, 1.82) is 0 Å².